The van der Waals surface area contributed by atoms with Gasteiger partial charge in [-0.3, -0.25) is 0 Å². The van der Waals surface area contributed by atoms with Gasteiger partial charge in [-0.25, -0.2) is 4.79 Å². The lowest BCUT2D eigenvalue weighted by Gasteiger charge is -2.03. The summed E-state index contributed by atoms with van der Waals surface area (Å²) in [7, 11) is 1.61. The minimum Gasteiger partial charge on any atom is -0.497 e. The second kappa shape index (κ2) is 7.31. The Morgan fingerprint density at radius 3 is 2.62 bits per heavy atom. The van der Waals surface area contributed by atoms with Gasteiger partial charge in [0.2, 0.25) is 0 Å². The molecule has 0 N–H and O–H groups in total. The lowest BCUT2D eigenvalue weighted by atomic mass is 10.1. The molecule has 3 aromatic rings. The van der Waals surface area contributed by atoms with Gasteiger partial charge in [-0.2, -0.15) is 0 Å². The standard InChI is InChI=1S/C18H14BrNO4/c1-22-13-8-6-12(7-9-13)17-10-14(24-20-17)11-23-18(21)15-4-2-3-5-16(15)19/h2-10H,11H2,1H3. The Bertz CT molecular complexity index is 842. The van der Waals surface area contributed by atoms with Crippen LogP contribution in [-0.2, 0) is 11.3 Å². The van der Waals surface area contributed by atoms with Crippen LogP contribution in [0.3, 0.4) is 0 Å². The first-order chi connectivity index (χ1) is 11.7. The van der Waals surface area contributed by atoms with Crippen molar-refractivity contribution < 1.29 is 18.8 Å². The third-order valence-corrected chi connectivity index (χ3v) is 4.08. The van der Waals surface area contributed by atoms with E-state index in [4.69, 9.17) is 14.0 Å². The number of halogens is 1. The summed E-state index contributed by atoms with van der Waals surface area (Å²) >= 11 is 3.32. The molecule has 5 nitrogen and oxygen atoms in total. The highest BCUT2D eigenvalue weighted by Gasteiger charge is 2.13. The van der Waals surface area contributed by atoms with Gasteiger partial charge in [0.25, 0.3) is 0 Å². The lowest BCUT2D eigenvalue weighted by Crippen LogP contribution is -2.05. The van der Waals surface area contributed by atoms with E-state index in [1.54, 1.807) is 31.4 Å². The fourth-order valence-corrected chi connectivity index (χ4v) is 2.57. The van der Waals surface area contributed by atoms with E-state index < -0.39 is 5.97 Å². The number of esters is 1. The smallest absolute Gasteiger partial charge is 0.339 e. The summed E-state index contributed by atoms with van der Waals surface area (Å²) in [5.41, 5.74) is 2.03. The zero-order valence-electron chi connectivity index (χ0n) is 12.9. The SMILES string of the molecule is COc1ccc(-c2cc(COC(=O)c3ccccc3Br)on2)cc1. The highest BCUT2D eigenvalue weighted by molar-refractivity contribution is 9.10. The number of hydrogen-bond donors (Lipinski definition) is 0. The molecule has 0 fully saturated rings. The molecule has 0 saturated carbocycles. The monoisotopic (exact) mass is 387 g/mol. The fraction of sp³-hybridized carbons (Fsp3) is 0.111. The predicted molar refractivity (Wildman–Crippen MR) is 91.8 cm³/mol. The molecule has 1 aromatic heterocycles. The minimum absolute atomic E-state index is 0.0172. The number of hydrogen-bond acceptors (Lipinski definition) is 5. The van der Waals surface area contributed by atoms with Crippen LogP contribution in [0.5, 0.6) is 5.75 Å². The van der Waals surface area contributed by atoms with Crippen molar-refractivity contribution in [1.29, 1.82) is 0 Å². The molecular formula is C18H14BrNO4. The molecule has 0 amide bonds. The zero-order valence-corrected chi connectivity index (χ0v) is 14.4. The molecule has 6 heteroatoms. The van der Waals surface area contributed by atoms with Gasteiger partial charge in [0.15, 0.2) is 12.4 Å². The maximum atomic E-state index is 12.1. The summed E-state index contributed by atoms with van der Waals surface area (Å²) in [4.78, 5) is 12.1. The largest absolute Gasteiger partial charge is 0.497 e. The number of nitrogens with zero attached hydrogens (tertiary/aromatic N) is 1. The minimum atomic E-state index is -0.426. The van der Waals surface area contributed by atoms with E-state index in [-0.39, 0.29) is 6.61 Å². The van der Waals surface area contributed by atoms with Crippen molar-refractivity contribution >= 4 is 21.9 Å². The van der Waals surface area contributed by atoms with Crippen LogP contribution in [0.25, 0.3) is 11.3 Å². The maximum Gasteiger partial charge on any atom is 0.339 e. The second-order valence-electron chi connectivity index (χ2n) is 4.96. The van der Waals surface area contributed by atoms with E-state index in [1.807, 2.05) is 30.3 Å². The van der Waals surface area contributed by atoms with E-state index in [0.717, 1.165) is 11.3 Å². The van der Waals surface area contributed by atoms with Crippen molar-refractivity contribution in [1.82, 2.24) is 5.16 Å². The zero-order chi connectivity index (χ0) is 16.9. The molecule has 0 aliphatic rings. The molecule has 3 rings (SSSR count). The van der Waals surface area contributed by atoms with Crippen molar-refractivity contribution in [3.63, 3.8) is 0 Å². The van der Waals surface area contributed by atoms with Crippen LogP contribution < -0.4 is 4.74 Å². The van der Waals surface area contributed by atoms with Crippen LogP contribution in [0, 0.1) is 0 Å². The molecule has 0 atom stereocenters. The number of benzene rings is 2. The normalized spacial score (nSPS) is 10.4. The molecule has 0 saturated heterocycles. The molecular weight excluding hydrogens is 374 g/mol. The van der Waals surface area contributed by atoms with Gasteiger partial charge in [-0.15, -0.1) is 0 Å². The van der Waals surface area contributed by atoms with Crippen molar-refractivity contribution in [3.05, 3.63) is 70.4 Å². The van der Waals surface area contributed by atoms with Crippen molar-refractivity contribution in [2.75, 3.05) is 7.11 Å². The van der Waals surface area contributed by atoms with Crippen LogP contribution >= 0.6 is 15.9 Å². The summed E-state index contributed by atoms with van der Waals surface area (Å²) in [6.07, 6.45) is 0. The van der Waals surface area contributed by atoms with E-state index in [9.17, 15) is 4.79 Å². The first-order valence-electron chi connectivity index (χ1n) is 7.19. The van der Waals surface area contributed by atoms with E-state index in [1.165, 1.54) is 0 Å². The van der Waals surface area contributed by atoms with Gasteiger partial charge < -0.3 is 14.0 Å². The van der Waals surface area contributed by atoms with Crippen LogP contribution in [-0.4, -0.2) is 18.2 Å². The van der Waals surface area contributed by atoms with Crippen LogP contribution in [0.1, 0.15) is 16.1 Å². The molecule has 0 radical (unpaired) electrons. The van der Waals surface area contributed by atoms with Gasteiger partial charge in [0.1, 0.15) is 11.4 Å². The molecule has 0 spiro atoms. The van der Waals surface area contributed by atoms with Gasteiger partial charge in [0.05, 0.1) is 12.7 Å². The lowest BCUT2D eigenvalue weighted by molar-refractivity contribution is 0.0436. The average molecular weight is 388 g/mol. The van der Waals surface area contributed by atoms with Crippen molar-refractivity contribution in [3.8, 4) is 17.0 Å². The Balaban J connectivity index is 1.66. The Morgan fingerprint density at radius 1 is 1.17 bits per heavy atom. The topological polar surface area (TPSA) is 61.6 Å². The number of carbonyl (C=O) groups excluding carboxylic acids is 1. The Kier molecular flexibility index (Phi) is 4.96. The number of carbonyl (C=O) groups is 1. The number of aromatic nitrogens is 1. The van der Waals surface area contributed by atoms with Crippen LogP contribution in [0.4, 0.5) is 0 Å². The van der Waals surface area contributed by atoms with E-state index in [0.29, 0.717) is 21.5 Å². The fourth-order valence-electron chi connectivity index (χ4n) is 2.12. The Hall–Kier alpha value is -2.60. The predicted octanol–water partition coefficient (Wildman–Crippen LogP) is 4.47. The van der Waals surface area contributed by atoms with Gasteiger partial charge in [0, 0.05) is 16.1 Å². The van der Waals surface area contributed by atoms with Gasteiger partial charge in [-0.1, -0.05) is 17.3 Å². The highest BCUT2D eigenvalue weighted by atomic mass is 79.9. The summed E-state index contributed by atoms with van der Waals surface area (Å²) in [6.45, 7) is 0.0172. The van der Waals surface area contributed by atoms with E-state index in [2.05, 4.69) is 21.1 Å². The first-order valence-corrected chi connectivity index (χ1v) is 7.98. The molecule has 0 bridgehead atoms. The molecule has 0 aliphatic heterocycles. The number of methoxy groups -OCH3 is 1. The molecule has 1 heterocycles. The summed E-state index contributed by atoms with van der Waals surface area (Å²) in [5, 5.41) is 3.99. The second-order valence-corrected chi connectivity index (χ2v) is 5.82. The summed E-state index contributed by atoms with van der Waals surface area (Å²) in [6, 6.07) is 16.3. The number of ether oxygens (including phenoxy) is 2. The van der Waals surface area contributed by atoms with Gasteiger partial charge >= 0.3 is 5.97 Å². The number of rotatable bonds is 5. The Labute approximate surface area is 147 Å². The molecule has 122 valence electrons. The van der Waals surface area contributed by atoms with Crippen molar-refractivity contribution in [2.24, 2.45) is 0 Å². The molecule has 0 unspecified atom stereocenters. The Morgan fingerprint density at radius 2 is 1.92 bits per heavy atom. The third-order valence-electron chi connectivity index (χ3n) is 3.38. The van der Waals surface area contributed by atoms with Crippen LogP contribution in [0.2, 0.25) is 0 Å². The van der Waals surface area contributed by atoms with E-state index >= 15 is 0 Å². The molecule has 0 aliphatic carbocycles. The van der Waals surface area contributed by atoms with Crippen LogP contribution in [0.15, 0.2) is 63.6 Å². The maximum absolute atomic E-state index is 12.1. The third kappa shape index (κ3) is 3.65. The summed E-state index contributed by atoms with van der Waals surface area (Å²) < 4.78 is 16.3. The summed E-state index contributed by atoms with van der Waals surface area (Å²) in [5.74, 6) is 0.816. The average Bonchev–Trinajstić information content (AvgIpc) is 3.09. The molecule has 2 aromatic carbocycles. The van der Waals surface area contributed by atoms with Gasteiger partial charge in [-0.05, 0) is 52.3 Å². The molecule has 24 heavy (non-hydrogen) atoms. The highest BCUT2D eigenvalue weighted by Crippen LogP contribution is 2.23. The first kappa shape index (κ1) is 16.3. The van der Waals surface area contributed by atoms with Crippen molar-refractivity contribution in [2.45, 2.75) is 6.61 Å². The quantitative estimate of drug-likeness (QED) is 0.604.